The first-order valence-electron chi connectivity index (χ1n) is 28.2. The predicted molar refractivity (Wildman–Crippen MR) is 307 cm³/mol. The van der Waals surface area contributed by atoms with Crippen molar-refractivity contribution in [2.45, 2.75) is 127 Å². The Bertz CT molecular complexity index is 3100. The third-order valence-corrected chi connectivity index (χ3v) is 18.4. The number of pyridine rings is 1. The number of nitrogens with two attached hydrogens (primary N) is 1. The Kier molecular flexibility index (Phi) is 15.6. The predicted octanol–water partition coefficient (Wildman–Crippen LogP) is 7.44. The number of phenols is 1. The first kappa shape index (κ1) is 54.2. The summed E-state index contributed by atoms with van der Waals surface area (Å²) in [5, 5.41) is 37.3. The Balaban J connectivity index is 0.620. The summed E-state index contributed by atoms with van der Waals surface area (Å²) in [5.74, 6) is 1.52. The molecule has 11 rings (SSSR count). The Morgan fingerprint density at radius 2 is 1.73 bits per heavy atom. The molecule has 4 aliphatic heterocycles. The van der Waals surface area contributed by atoms with E-state index in [-0.39, 0.29) is 53.9 Å². The number of aromatic nitrogens is 5. The van der Waals surface area contributed by atoms with Crippen LogP contribution in [0.15, 0.2) is 89.0 Å². The fourth-order valence-corrected chi connectivity index (χ4v) is 14.0. The number of phenolic OH excluding ortho intramolecular Hbond substituents is 1. The standard InChI is InChI=1S/C59H74BN11O7S/c1-34(2)54(58(75)70-31-44(72)25-49(70)57(74)64-35(3)38-10-12-39(13-11-38)55-36(4)63-33-79-55)51-27-53(67-78-51)76-21-18-40-17-20-68(32-59(40,5)60)28-37-22-45(23-37)77-52-24-41(16-19-62-52)71-42-14-15-43(71)30-69(29-42)48-26-47(65-66-56(48)61)46-8-6-7-9-50(46)73/h6-13,16,19,24,26-27,33-35,37,40,42-45,49,54,72-73H,14-15,17-18,20-23,25,28-32,60H2,1-5H3,(H2,61,66)(H,64,74)/t35-,37-,40-,42?,43?,44+,45-,49-,54+,59+/m0/s1. The molecule has 6 aromatic rings. The number of aryl methyl sites for hydroxylation is 1. The van der Waals surface area contributed by atoms with Crippen LogP contribution in [0.4, 0.5) is 17.2 Å². The highest BCUT2D eigenvalue weighted by Gasteiger charge is 2.45. The van der Waals surface area contributed by atoms with Crippen LogP contribution in [0, 0.1) is 24.7 Å². The molecular formula is C59H74BN11O7S. The summed E-state index contributed by atoms with van der Waals surface area (Å²) >= 11 is 1.59. The second-order valence-electron chi connectivity index (χ2n) is 23.8. The van der Waals surface area contributed by atoms with Crippen molar-refractivity contribution in [3.63, 3.8) is 0 Å². The number of benzene rings is 2. The van der Waals surface area contributed by atoms with Crippen molar-refractivity contribution in [2.24, 2.45) is 17.8 Å². The summed E-state index contributed by atoms with van der Waals surface area (Å²) in [6.45, 7) is 15.4. The van der Waals surface area contributed by atoms with Gasteiger partial charge in [-0.15, -0.1) is 21.5 Å². The van der Waals surface area contributed by atoms with Gasteiger partial charge in [-0.05, 0) is 129 Å². The van der Waals surface area contributed by atoms with Gasteiger partial charge in [0.15, 0.2) is 11.6 Å². The minimum Gasteiger partial charge on any atom is -0.507 e. The molecule has 20 heteroatoms. The number of amides is 2. The van der Waals surface area contributed by atoms with Crippen LogP contribution in [0.1, 0.15) is 102 Å². The summed E-state index contributed by atoms with van der Waals surface area (Å²) in [6.07, 6.45) is 7.48. The summed E-state index contributed by atoms with van der Waals surface area (Å²) in [4.78, 5) is 47.2. The fourth-order valence-electron chi connectivity index (χ4n) is 13.2. The molecule has 2 bridgehead atoms. The lowest BCUT2D eigenvalue weighted by molar-refractivity contribution is -0.141. The van der Waals surface area contributed by atoms with Gasteiger partial charge in [-0.1, -0.05) is 57.2 Å². The lowest BCUT2D eigenvalue weighted by Crippen LogP contribution is -2.54. The SMILES string of the molecule is B[C@]1(C)CN(C[C@H]2C[C@H](Oc3cc(N4C5CCC4CN(c4cc(-c6ccccc6O)nnc4N)C5)ccn3)C2)CC[C@H]1CCOc1cc([C@H](C(=O)N2C[C@H](O)C[C@H]2C(=O)N[C@@H](C)c2ccc(-c3scnc3C)cc2)C(C)C)on1. The average Bonchev–Trinajstić information content (AvgIpc) is 4.24. The van der Waals surface area contributed by atoms with E-state index >= 15 is 0 Å². The molecule has 4 saturated heterocycles. The van der Waals surface area contributed by atoms with E-state index in [4.69, 9.17) is 19.7 Å². The maximum absolute atomic E-state index is 14.3. The van der Waals surface area contributed by atoms with Crippen LogP contribution in [-0.2, 0) is 9.59 Å². The van der Waals surface area contributed by atoms with Gasteiger partial charge in [0.1, 0.15) is 31.7 Å². The van der Waals surface area contributed by atoms with Gasteiger partial charge in [-0.25, -0.2) is 9.97 Å². The smallest absolute Gasteiger partial charge is 0.254 e. The molecule has 8 atom stereocenters. The van der Waals surface area contributed by atoms with Crippen molar-refractivity contribution in [1.82, 2.24) is 40.4 Å². The Morgan fingerprint density at radius 1 is 0.962 bits per heavy atom. The molecule has 0 spiro atoms. The number of nitrogens with one attached hydrogen (secondary N) is 1. The minimum absolute atomic E-state index is 0.0597. The van der Waals surface area contributed by atoms with Gasteiger partial charge in [-0.3, -0.25) is 9.59 Å². The van der Waals surface area contributed by atoms with E-state index in [1.807, 2.05) is 81.9 Å². The van der Waals surface area contributed by atoms with Crippen LogP contribution in [0.25, 0.3) is 21.7 Å². The summed E-state index contributed by atoms with van der Waals surface area (Å²) in [6, 6.07) is 22.6. The number of aromatic hydroxyl groups is 1. The van der Waals surface area contributed by atoms with Crippen LogP contribution in [0.3, 0.4) is 0 Å². The molecule has 0 radical (unpaired) electrons. The van der Waals surface area contributed by atoms with Gasteiger partial charge in [0, 0.05) is 74.3 Å². The summed E-state index contributed by atoms with van der Waals surface area (Å²) in [7, 11) is 2.36. The minimum atomic E-state index is -0.825. The number of β-amino-alcohol motifs (C(OH)–C–C–N with tert-alkyl or cyclic N) is 1. The van der Waals surface area contributed by atoms with Crippen LogP contribution >= 0.6 is 11.3 Å². The Hall–Kier alpha value is -6.77. The number of aliphatic hydroxyl groups is 1. The second kappa shape index (κ2) is 22.8. The highest BCUT2D eigenvalue weighted by Crippen LogP contribution is 2.44. The lowest BCUT2D eigenvalue weighted by Gasteiger charge is -2.47. The number of ether oxygens (including phenoxy) is 2. The molecule has 8 heterocycles. The number of hydrogen-bond donors (Lipinski definition) is 4. The molecule has 2 amide bonds. The molecule has 416 valence electrons. The number of rotatable bonds is 18. The molecule has 79 heavy (non-hydrogen) atoms. The number of carbonyl (C=O) groups is 2. The van der Waals surface area contributed by atoms with Gasteiger partial charge in [0.25, 0.3) is 5.88 Å². The van der Waals surface area contributed by atoms with Crippen molar-refractivity contribution >= 4 is 48.2 Å². The fraction of sp³-hybridized carbons (Fsp3) is 0.508. The van der Waals surface area contributed by atoms with E-state index in [0.29, 0.717) is 65.1 Å². The average molecular weight is 1090 g/mol. The number of piperazine rings is 1. The Morgan fingerprint density at radius 3 is 2.46 bits per heavy atom. The third kappa shape index (κ3) is 11.6. The molecule has 18 nitrogen and oxygen atoms in total. The number of nitrogens with zero attached hydrogens (tertiary/aromatic N) is 9. The number of piperidine rings is 1. The van der Waals surface area contributed by atoms with Crippen molar-refractivity contribution in [1.29, 1.82) is 0 Å². The second-order valence-corrected chi connectivity index (χ2v) is 24.6. The number of carbonyl (C=O) groups excluding carboxylic acids is 2. The maximum Gasteiger partial charge on any atom is 0.254 e. The van der Waals surface area contributed by atoms with Gasteiger partial charge >= 0.3 is 0 Å². The number of aliphatic hydroxyl groups excluding tert-OH is 1. The van der Waals surface area contributed by atoms with Crippen LogP contribution < -0.4 is 30.3 Å². The van der Waals surface area contributed by atoms with Crippen LogP contribution in [0.5, 0.6) is 17.5 Å². The zero-order valence-corrected chi connectivity index (χ0v) is 47.0. The normalized spacial score (nSPS) is 25.8. The third-order valence-electron chi connectivity index (χ3n) is 17.5. The molecule has 2 unspecified atom stereocenters. The Labute approximate surface area is 467 Å². The molecule has 5 N–H and O–H groups in total. The van der Waals surface area contributed by atoms with Gasteiger partial charge in [0.2, 0.25) is 17.7 Å². The molecular weight excluding hydrogens is 1020 g/mol. The van der Waals surface area contributed by atoms with E-state index in [1.54, 1.807) is 29.5 Å². The van der Waals surface area contributed by atoms with Crippen molar-refractivity contribution in [3.8, 4) is 39.2 Å². The van der Waals surface area contributed by atoms with E-state index in [9.17, 15) is 19.8 Å². The monoisotopic (exact) mass is 1090 g/mol. The highest BCUT2D eigenvalue weighted by molar-refractivity contribution is 7.13. The highest BCUT2D eigenvalue weighted by atomic mass is 32.1. The lowest BCUT2D eigenvalue weighted by atomic mass is 9.58. The number of thiazole rings is 1. The van der Waals surface area contributed by atoms with E-state index in [1.165, 1.54) is 4.90 Å². The van der Waals surface area contributed by atoms with E-state index < -0.39 is 18.1 Å². The number of fused-ring (bicyclic) bond motifs is 2. The summed E-state index contributed by atoms with van der Waals surface area (Å²) in [5.41, 5.74) is 14.5. The maximum atomic E-state index is 14.3. The number of para-hydroxylation sites is 1. The molecule has 4 aromatic heterocycles. The zero-order chi connectivity index (χ0) is 55.1. The topological polar surface area (TPSA) is 222 Å². The molecule has 5 fully saturated rings. The zero-order valence-electron chi connectivity index (χ0n) is 46.2. The van der Waals surface area contributed by atoms with Crippen LogP contribution in [0.2, 0.25) is 5.31 Å². The van der Waals surface area contributed by atoms with Gasteiger partial charge < -0.3 is 54.9 Å². The number of nitrogen functional groups attached to an aromatic ring is 1. The number of anilines is 3. The first-order chi connectivity index (χ1) is 38.0. The first-order valence-corrected chi connectivity index (χ1v) is 29.1. The van der Waals surface area contributed by atoms with Crippen molar-refractivity contribution in [2.75, 3.05) is 61.4 Å². The van der Waals surface area contributed by atoms with Gasteiger partial charge in [0.05, 0.1) is 46.2 Å². The van der Waals surface area contributed by atoms with E-state index in [2.05, 4.69) is 72.2 Å². The molecule has 1 saturated carbocycles. The van der Waals surface area contributed by atoms with E-state index in [0.717, 1.165) is 104 Å². The largest absolute Gasteiger partial charge is 0.507 e. The van der Waals surface area contributed by atoms with Crippen molar-refractivity contribution in [3.05, 3.63) is 102 Å². The van der Waals surface area contributed by atoms with Gasteiger partial charge in [-0.2, -0.15) is 0 Å². The molecule has 1 aliphatic carbocycles. The molecule has 5 aliphatic rings. The van der Waals surface area contributed by atoms with Crippen LogP contribution in [-0.4, -0.2) is 141 Å². The number of hydrogen-bond acceptors (Lipinski definition) is 17. The summed E-state index contributed by atoms with van der Waals surface area (Å²) < 4.78 is 18.5. The molecule has 2 aromatic carbocycles. The quantitative estimate of drug-likeness (QED) is 0.0614. The van der Waals surface area contributed by atoms with Crippen molar-refractivity contribution < 1.29 is 33.8 Å². The number of likely N-dealkylation sites (tertiary alicyclic amines) is 2.